The van der Waals surface area contributed by atoms with Crippen LogP contribution >= 0.6 is 0 Å². The van der Waals surface area contributed by atoms with Crippen molar-refractivity contribution in [2.45, 2.75) is 18.7 Å². The number of sulfonamides is 1. The van der Waals surface area contributed by atoms with Crippen LogP contribution in [0.4, 0.5) is 0 Å². The van der Waals surface area contributed by atoms with E-state index in [1.165, 1.54) is 12.3 Å². The first kappa shape index (κ1) is 16.7. The third-order valence-corrected chi connectivity index (χ3v) is 3.55. The van der Waals surface area contributed by atoms with Crippen molar-refractivity contribution >= 4 is 15.9 Å². The van der Waals surface area contributed by atoms with Crippen molar-refractivity contribution in [2.75, 3.05) is 26.8 Å². The van der Waals surface area contributed by atoms with Gasteiger partial charge >= 0.3 is 0 Å². The average molecular weight is 303 g/mol. The number of hydrogen-bond acceptors (Lipinski definition) is 4. The number of methoxy groups -OCH3 is 1. The van der Waals surface area contributed by atoms with E-state index in [2.05, 4.69) is 4.98 Å². The van der Waals surface area contributed by atoms with Crippen LogP contribution in [0.3, 0.4) is 0 Å². The van der Waals surface area contributed by atoms with Gasteiger partial charge in [-0.3, -0.25) is 4.79 Å². The third kappa shape index (κ3) is 4.62. The van der Waals surface area contributed by atoms with Gasteiger partial charge in [-0.15, -0.1) is 0 Å². The fourth-order valence-corrected chi connectivity index (χ4v) is 2.26. The number of aromatic amines is 1. The molecule has 0 aromatic carbocycles. The van der Waals surface area contributed by atoms with Crippen LogP contribution in [-0.2, 0) is 14.8 Å². The molecule has 0 saturated heterocycles. The van der Waals surface area contributed by atoms with Crippen molar-refractivity contribution < 1.29 is 17.9 Å². The molecule has 0 spiro atoms. The highest BCUT2D eigenvalue weighted by Crippen LogP contribution is 2.12. The number of nitrogens with two attached hydrogens (primary N) is 1. The molecule has 0 saturated carbocycles. The number of rotatable bonds is 7. The van der Waals surface area contributed by atoms with Crippen molar-refractivity contribution in [3.63, 3.8) is 0 Å². The van der Waals surface area contributed by atoms with Gasteiger partial charge in [-0.1, -0.05) is 13.8 Å². The lowest BCUT2D eigenvalue weighted by atomic mass is 10.2. The van der Waals surface area contributed by atoms with Crippen LogP contribution in [0.25, 0.3) is 0 Å². The second kappa shape index (κ2) is 6.87. The van der Waals surface area contributed by atoms with E-state index in [1.807, 2.05) is 13.8 Å². The van der Waals surface area contributed by atoms with E-state index < -0.39 is 10.0 Å². The minimum absolute atomic E-state index is 0.0999. The summed E-state index contributed by atoms with van der Waals surface area (Å²) < 4.78 is 27.4. The maximum atomic E-state index is 12.3. The lowest BCUT2D eigenvalue weighted by molar-refractivity contribution is 0.0667. The third-order valence-electron chi connectivity index (χ3n) is 2.65. The second-order valence-corrected chi connectivity index (χ2v) is 6.49. The van der Waals surface area contributed by atoms with Crippen LogP contribution in [0, 0.1) is 5.92 Å². The van der Waals surface area contributed by atoms with Gasteiger partial charge in [-0.2, -0.15) is 0 Å². The highest BCUT2D eigenvalue weighted by molar-refractivity contribution is 7.89. The molecule has 114 valence electrons. The Morgan fingerprint density at radius 2 is 2.15 bits per heavy atom. The van der Waals surface area contributed by atoms with Gasteiger partial charge in [0.1, 0.15) is 5.69 Å². The van der Waals surface area contributed by atoms with Crippen LogP contribution in [0.15, 0.2) is 17.2 Å². The quantitative estimate of drug-likeness (QED) is 0.760. The van der Waals surface area contributed by atoms with Crippen molar-refractivity contribution in [1.82, 2.24) is 9.88 Å². The van der Waals surface area contributed by atoms with E-state index in [0.717, 1.165) is 0 Å². The monoisotopic (exact) mass is 303 g/mol. The van der Waals surface area contributed by atoms with Gasteiger partial charge in [0.05, 0.1) is 11.5 Å². The Kier molecular flexibility index (Phi) is 5.73. The fraction of sp³-hybridized carbons (Fsp3) is 0.583. The van der Waals surface area contributed by atoms with E-state index in [9.17, 15) is 13.2 Å². The predicted octanol–water partition coefficient (Wildman–Crippen LogP) is 0.407. The topological polar surface area (TPSA) is 105 Å². The van der Waals surface area contributed by atoms with Crippen LogP contribution in [0.1, 0.15) is 24.3 Å². The molecular formula is C12H21N3O4S. The van der Waals surface area contributed by atoms with Gasteiger partial charge in [0, 0.05) is 26.4 Å². The van der Waals surface area contributed by atoms with Crippen LogP contribution < -0.4 is 5.14 Å². The van der Waals surface area contributed by atoms with E-state index in [0.29, 0.717) is 25.6 Å². The molecule has 1 aromatic heterocycles. The Morgan fingerprint density at radius 3 is 2.60 bits per heavy atom. The molecule has 8 heteroatoms. The Bertz CT molecular complexity index is 551. The molecule has 0 bridgehead atoms. The van der Waals surface area contributed by atoms with Gasteiger partial charge in [0.2, 0.25) is 10.0 Å². The Balaban J connectivity index is 2.91. The predicted molar refractivity (Wildman–Crippen MR) is 74.8 cm³/mol. The average Bonchev–Trinajstić information content (AvgIpc) is 2.82. The molecular weight excluding hydrogens is 282 g/mol. The molecule has 0 unspecified atom stereocenters. The molecule has 20 heavy (non-hydrogen) atoms. The molecule has 0 aliphatic heterocycles. The minimum atomic E-state index is -3.81. The fourth-order valence-electron chi connectivity index (χ4n) is 1.75. The number of primary sulfonamides is 1. The Hall–Kier alpha value is -1.38. The second-order valence-electron chi connectivity index (χ2n) is 4.93. The number of hydrogen-bond donors (Lipinski definition) is 2. The Morgan fingerprint density at radius 1 is 1.50 bits per heavy atom. The first-order chi connectivity index (χ1) is 9.25. The molecule has 0 atom stereocenters. The van der Waals surface area contributed by atoms with Crippen LogP contribution in [0.5, 0.6) is 0 Å². The standard InChI is InChI=1S/C12H21N3O4S/c1-9(2)8-15(4-5-19-3)12(16)11-6-10(7-14-11)20(13,17)18/h6-7,9,14H,4-5,8H2,1-3H3,(H2,13,17,18). The summed E-state index contributed by atoms with van der Waals surface area (Å²) in [5.41, 5.74) is 0.200. The first-order valence-electron chi connectivity index (χ1n) is 6.25. The van der Waals surface area contributed by atoms with Crippen molar-refractivity contribution in [3.8, 4) is 0 Å². The summed E-state index contributed by atoms with van der Waals surface area (Å²) in [5.74, 6) is 0.0223. The van der Waals surface area contributed by atoms with Crippen molar-refractivity contribution in [2.24, 2.45) is 11.1 Å². The summed E-state index contributed by atoms with van der Waals surface area (Å²) >= 11 is 0. The number of ether oxygens (including phenoxy) is 1. The first-order valence-corrected chi connectivity index (χ1v) is 7.79. The zero-order valence-electron chi connectivity index (χ0n) is 11.9. The maximum Gasteiger partial charge on any atom is 0.270 e. The molecule has 3 N–H and O–H groups in total. The zero-order valence-corrected chi connectivity index (χ0v) is 12.7. The normalized spacial score (nSPS) is 11.8. The number of carbonyl (C=O) groups is 1. The Labute approximate surface area is 119 Å². The molecule has 0 aliphatic rings. The molecule has 7 nitrogen and oxygen atoms in total. The number of amides is 1. The van der Waals surface area contributed by atoms with Crippen molar-refractivity contribution in [3.05, 3.63) is 18.0 Å². The molecule has 1 rings (SSSR count). The molecule has 0 fully saturated rings. The number of carbonyl (C=O) groups excluding carboxylic acids is 1. The highest BCUT2D eigenvalue weighted by Gasteiger charge is 2.20. The summed E-state index contributed by atoms with van der Waals surface area (Å²) in [6.07, 6.45) is 1.21. The summed E-state index contributed by atoms with van der Waals surface area (Å²) in [7, 11) is -2.25. The largest absolute Gasteiger partial charge is 0.383 e. The van der Waals surface area contributed by atoms with E-state index in [1.54, 1.807) is 12.0 Å². The number of nitrogens with one attached hydrogen (secondary N) is 1. The van der Waals surface area contributed by atoms with E-state index in [4.69, 9.17) is 9.88 Å². The van der Waals surface area contributed by atoms with Gasteiger partial charge in [-0.25, -0.2) is 13.6 Å². The lowest BCUT2D eigenvalue weighted by Gasteiger charge is -2.23. The summed E-state index contributed by atoms with van der Waals surface area (Å²) in [4.78, 5) is 16.5. The SMILES string of the molecule is COCCN(CC(C)C)C(=O)c1cc(S(N)(=O)=O)c[nH]1. The molecule has 1 amide bonds. The number of nitrogens with zero attached hydrogens (tertiary/aromatic N) is 1. The van der Waals surface area contributed by atoms with Crippen molar-refractivity contribution in [1.29, 1.82) is 0 Å². The molecule has 1 heterocycles. The van der Waals surface area contributed by atoms with Crippen LogP contribution in [0.2, 0.25) is 0 Å². The van der Waals surface area contributed by atoms with E-state index in [-0.39, 0.29) is 16.5 Å². The summed E-state index contributed by atoms with van der Waals surface area (Å²) in [6, 6.07) is 1.25. The number of aromatic nitrogens is 1. The lowest BCUT2D eigenvalue weighted by Crippen LogP contribution is -2.36. The number of H-pyrrole nitrogens is 1. The van der Waals surface area contributed by atoms with E-state index >= 15 is 0 Å². The maximum absolute atomic E-state index is 12.3. The molecule has 0 aliphatic carbocycles. The summed E-state index contributed by atoms with van der Waals surface area (Å²) in [5, 5.41) is 5.01. The highest BCUT2D eigenvalue weighted by atomic mass is 32.2. The summed E-state index contributed by atoms with van der Waals surface area (Å²) in [6.45, 7) is 5.42. The molecule has 1 aromatic rings. The van der Waals surface area contributed by atoms with Gasteiger partial charge < -0.3 is 14.6 Å². The minimum Gasteiger partial charge on any atom is -0.383 e. The van der Waals surface area contributed by atoms with Crippen LogP contribution in [-0.4, -0.2) is 51.0 Å². The molecule has 0 radical (unpaired) electrons. The van der Waals surface area contributed by atoms with Gasteiger partial charge in [0.15, 0.2) is 0 Å². The van der Waals surface area contributed by atoms with Gasteiger partial charge in [0.25, 0.3) is 5.91 Å². The zero-order chi connectivity index (χ0) is 15.3. The van der Waals surface area contributed by atoms with Gasteiger partial charge in [-0.05, 0) is 12.0 Å². The smallest absolute Gasteiger partial charge is 0.270 e.